The summed E-state index contributed by atoms with van der Waals surface area (Å²) in [4.78, 5) is 26.9. The van der Waals surface area contributed by atoms with Crippen LogP contribution in [0.2, 0.25) is 5.02 Å². The maximum absolute atomic E-state index is 13.9. The van der Waals surface area contributed by atoms with E-state index >= 15 is 0 Å². The molecule has 2 aromatic rings. The number of likely N-dealkylation sites (N-methyl/N-ethyl adjacent to an activating group) is 1. The van der Waals surface area contributed by atoms with Gasteiger partial charge >= 0.3 is 0 Å². The summed E-state index contributed by atoms with van der Waals surface area (Å²) in [6.45, 7) is 6.37. The highest BCUT2D eigenvalue weighted by molar-refractivity contribution is 7.99. The van der Waals surface area contributed by atoms with Gasteiger partial charge in [0.05, 0.1) is 5.75 Å². The van der Waals surface area contributed by atoms with Crippen molar-refractivity contribution in [1.29, 1.82) is 0 Å². The Bertz CT molecular complexity index is 842. The molecule has 4 nitrogen and oxygen atoms in total. The van der Waals surface area contributed by atoms with Gasteiger partial charge < -0.3 is 10.2 Å². The summed E-state index contributed by atoms with van der Waals surface area (Å²) in [5.74, 6) is -0.353. The molecule has 0 unspecified atom stereocenters. The number of halogens is 2. The second kappa shape index (κ2) is 11.2. The summed E-state index contributed by atoms with van der Waals surface area (Å²) in [5.41, 5.74) is 2.43. The van der Waals surface area contributed by atoms with Gasteiger partial charge in [-0.2, -0.15) is 0 Å². The van der Waals surface area contributed by atoms with Crippen molar-refractivity contribution in [3.05, 3.63) is 70.0 Å². The Balaban J connectivity index is 2.10. The van der Waals surface area contributed by atoms with Gasteiger partial charge in [-0.3, -0.25) is 9.59 Å². The van der Waals surface area contributed by atoms with Crippen LogP contribution in [0.5, 0.6) is 0 Å². The molecular formula is C22H26ClFN2O2S. The molecule has 0 heterocycles. The molecule has 0 radical (unpaired) electrons. The molecule has 1 atom stereocenters. The third kappa shape index (κ3) is 6.75. The van der Waals surface area contributed by atoms with Gasteiger partial charge in [-0.25, -0.2) is 4.39 Å². The third-order valence-corrected chi connectivity index (χ3v) is 5.79. The van der Waals surface area contributed by atoms with Gasteiger partial charge in [0, 0.05) is 29.4 Å². The molecule has 1 N–H and O–H groups in total. The second-order valence-electron chi connectivity index (χ2n) is 6.77. The van der Waals surface area contributed by atoms with E-state index in [0.29, 0.717) is 23.7 Å². The van der Waals surface area contributed by atoms with E-state index in [2.05, 4.69) is 5.32 Å². The molecule has 2 rings (SSSR count). The highest BCUT2D eigenvalue weighted by atomic mass is 35.5. The van der Waals surface area contributed by atoms with Crippen LogP contribution in [0.25, 0.3) is 0 Å². The molecule has 0 spiro atoms. The lowest BCUT2D eigenvalue weighted by Gasteiger charge is -2.28. The van der Waals surface area contributed by atoms with E-state index in [1.165, 1.54) is 17.8 Å². The summed E-state index contributed by atoms with van der Waals surface area (Å²) < 4.78 is 13.9. The predicted octanol–water partition coefficient (Wildman–Crippen LogP) is 4.57. The number of amides is 2. The molecule has 2 aromatic carbocycles. The number of rotatable bonds is 9. The number of carbonyl (C=O) groups excluding carboxylic acids is 2. The summed E-state index contributed by atoms with van der Waals surface area (Å²) in [5, 5.41) is 3.11. The molecule has 0 aromatic heterocycles. The Morgan fingerprint density at radius 1 is 1.24 bits per heavy atom. The van der Waals surface area contributed by atoms with E-state index in [0.717, 1.165) is 11.1 Å². The zero-order chi connectivity index (χ0) is 21.4. The Labute approximate surface area is 180 Å². The molecule has 0 aliphatic rings. The lowest BCUT2D eigenvalue weighted by atomic mass is 10.1. The van der Waals surface area contributed by atoms with Gasteiger partial charge in [0.2, 0.25) is 11.8 Å². The van der Waals surface area contributed by atoms with Gasteiger partial charge in [0.25, 0.3) is 0 Å². The summed E-state index contributed by atoms with van der Waals surface area (Å²) in [7, 11) is 0. The van der Waals surface area contributed by atoms with Crippen molar-refractivity contribution < 1.29 is 14.0 Å². The Morgan fingerprint density at radius 3 is 2.62 bits per heavy atom. The summed E-state index contributed by atoms with van der Waals surface area (Å²) in [6.07, 6.45) is 0. The normalized spacial score (nSPS) is 11.8. The van der Waals surface area contributed by atoms with Crippen LogP contribution in [-0.4, -0.2) is 35.1 Å². The number of carbonyl (C=O) groups is 2. The highest BCUT2D eigenvalue weighted by Crippen LogP contribution is 2.24. The van der Waals surface area contributed by atoms with E-state index in [-0.39, 0.29) is 29.1 Å². The van der Waals surface area contributed by atoms with Crippen LogP contribution in [-0.2, 0) is 21.9 Å². The molecule has 2 amide bonds. The number of aryl methyl sites for hydroxylation is 1. The fourth-order valence-corrected chi connectivity index (χ4v) is 4.15. The lowest BCUT2D eigenvalue weighted by molar-refractivity contribution is -0.138. The van der Waals surface area contributed by atoms with Crippen molar-refractivity contribution >= 4 is 35.2 Å². The van der Waals surface area contributed by atoms with Crippen LogP contribution in [0.4, 0.5) is 4.39 Å². The number of hydrogen-bond donors (Lipinski definition) is 1. The van der Waals surface area contributed by atoms with E-state index in [4.69, 9.17) is 11.6 Å². The fourth-order valence-electron chi connectivity index (χ4n) is 2.91. The first-order valence-electron chi connectivity index (χ1n) is 9.46. The molecule has 0 saturated heterocycles. The first-order valence-corrected chi connectivity index (χ1v) is 11.0. The van der Waals surface area contributed by atoms with Crippen LogP contribution >= 0.6 is 23.4 Å². The maximum atomic E-state index is 13.9. The maximum Gasteiger partial charge on any atom is 0.242 e. The zero-order valence-electron chi connectivity index (χ0n) is 16.9. The van der Waals surface area contributed by atoms with E-state index < -0.39 is 6.04 Å². The number of benzene rings is 2. The second-order valence-corrected chi connectivity index (χ2v) is 8.17. The minimum atomic E-state index is -0.611. The third-order valence-electron chi connectivity index (χ3n) is 4.49. The minimum absolute atomic E-state index is 0.125. The smallest absolute Gasteiger partial charge is 0.242 e. The predicted molar refractivity (Wildman–Crippen MR) is 117 cm³/mol. The van der Waals surface area contributed by atoms with E-state index in [1.54, 1.807) is 24.0 Å². The Kier molecular flexibility index (Phi) is 8.99. The molecule has 7 heteroatoms. The van der Waals surface area contributed by atoms with Crippen molar-refractivity contribution in [2.45, 2.75) is 39.1 Å². The van der Waals surface area contributed by atoms with Crippen molar-refractivity contribution in [1.82, 2.24) is 10.2 Å². The molecule has 29 heavy (non-hydrogen) atoms. The lowest BCUT2D eigenvalue weighted by Crippen LogP contribution is -2.48. The molecule has 0 fully saturated rings. The molecular weight excluding hydrogens is 411 g/mol. The van der Waals surface area contributed by atoms with Crippen molar-refractivity contribution in [3.63, 3.8) is 0 Å². The average Bonchev–Trinajstić information content (AvgIpc) is 2.68. The number of thioether (sulfide) groups is 1. The van der Waals surface area contributed by atoms with Crippen molar-refractivity contribution in [2.75, 3.05) is 12.3 Å². The SMILES string of the molecule is CCNC(=O)[C@@H](C)N(Cc1cccc(C)c1)C(=O)CSCc1c(F)cccc1Cl. The quantitative estimate of drug-likeness (QED) is 0.626. The van der Waals surface area contributed by atoms with Gasteiger partial charge in [-0.1, -0.05) is 47.5 Å². The highest BCUT2D eigenvalue weighted by Gasteiger charge is 2.25. The zero-order valence-corrected chi connectivity index (χ0v) is 18.4. The van der Waals surface area contributed by atoms with Gasteiger partial charge in [-0.05, 0) is 38.5 Å². The van der Waals surface area contributed by atoms with E-state index in [1.807, 2.05) is 38.1 Å². The Hall–Kier alpha value is -2.05. The number of nitrogens with one attached hydrogen (secondary N) is 1. The van der Waals surface area contributed by atoms with Gasteiger partial charge in [0.15, 0.2) is 0 Å². The topological polar surface area (TPSA) is 49.4 Å². The minimum Gasteiger partial charge on any atom is -0.355 e. The monoisotopic (exact) mass is 436 g/mol. The molecule has 0 bridgehead atoms. The first kappa shape index (κ1) is 23.2. The first-order chi connectivity index (χ1) is 13.8. The van der Waals surface area contributed by atoms with E-state index in [9.17, 15) is 14.0 Å². The summed E-state index contributed by atoms with van der Waals surface area (Å²) >= 11 is 7.33. The van der Waals surface area contributed by atoms with Gasteiger partial charge in [0.1, 0.15) is 11.9 Å². The fraction of sp³-hybridized carbons (Fsp3) is 0.364. The largest absolute Gasteiger partial charge is 0.355 e. The number of nitrogens with zero attached hydrogens (tertiary/aromatic N) is 1. The van der Waals surface area contributed by atoms with Crippen LogP contribution < -0.4 is 5.32 Å². The van der Waals surface area contributed by atoms with Crippen LogP contribution in [0.1, 0.15) is 30.5 Å². The molecule has 0 saturated carbocycles. The van der Waals surface area contributed by atoms with Crippen LogP contribution in [0, 0.1) is 12.7 Å². The van der Waals surface area contributed by atoms with Crippen LogP contribution in [0.3, 0.4) is 0 Å². The van der Waals surface area contributed by atoms with Gasteiger partial charge in [-0.15, -0.1) is 11.8 Å². The molecule has 0 aliphatic heterocycles. The van der Waals surface area contributed by atoms with Crippen LogP contribution in [0.15, 0.2) is 42.5 Å². The molecule has 0 aliphatic carbocycles. The van der Waals surface area contributed by atoms with Crippen molar-refractivity contribution in [2.24, 2.45) is 0 Å². The standard InChI is InChI=1S/C22H26ClFN2O2S/c1-4-25-22(28)16(3)26(12-17-8-5-7-15(2)11-17)21(27)14-29-13-18-19(23)9-6-10-20(18)24/h5-11,16H,4,12-14H2,1-3H3,(H,25,28)/t16-/m1/s1. The molecule has 156 valence electrons. The van der Waals surface area contributed by atoms with Crippen molar-refractivity contribution in [3.8, 4) is 0 Å². The Morgan fingerprint density at radius 2 is 1.97 bits per heavy atom. The summed E-state index contributed by atoms with van der Waals surface area (Å²) in [6, 6.07) is 11.8. The average molecular weight is 437 g/mol. The number of hydrogen-bond acceptors (Lipinski definition) is 3.